The molecule has 7 rings (SSSR count). The number of aliphatic hydroxyl groups is 1. The number of hydrogen-bond acceptors (Lipinski definition) is 8. The van der Waals surface area contributed by atoms with Crippen LogP contribution in [-0.2, 0) is 42.5 Å². The summed E-state index contributed by atoms with van der Waals surface area (Å²) in [5, 5.41) is 18.8. The molecule has 11 nitrogen and oxygen atoms in total. The maximum absolute atomic E-state index is 16.4. The number of β-lactam (4-membered cyclic amide) rings is 1. The first-order valence-electron chi connectivity index (χ1n) is 17.4. The molecule has 272 valence electrons. The number of aromatic nitrogens is 3. The molecule has 4 heterocycles. The third-order valence-electron chi connectivity index (χ3n) is 10.6. The third-order valence-corrected chi connectivity index (χ3v) is 13.6. The predicted octanol–water partition coefficient (Wildman–Crippen LogP) is 6.20. The number of anilines is 2. The van der Waals surface area contributed by atoms with Gasteiger partial charge in [-0.1, -0.05) is 70.5 Å². The quantitative estimate of drug-likeness (QED) is 0.0824. The second-order valence-corrected chi connectivity index (χ2v) is 19.1. The number of benzene rings is 3. The van der Waals surface area contributed by atoms with Crippen molar-refractivity contribution < 1.29 is 33.1 Å². The third kappa shape index (κ3) is 6.39. The summed E-state index contributed by atoms with van der Waals surface area (Å²) in [7, 11) is -3.41. The second-order valence-electron chi connectivity index (χ2n) is 14.4. The molecule has 0 radical (unpaired) electrons. The van der Waals surface area contributed by atoms with Gasteiger partial charge in [0.25, 0.3) is 5.91 Å². The molecular formula is C38H41BrFN5O6Si. The normalized spacial score (nSPS) is 24.7. The van der Waals surface area contributed by atoms with Crippen LogP contribution in [0, 0.1) is 5.92 Å². The number of carbonyl (C=O) groups is 3. The molecule has 6 atom stereocenters. The van der Waals surface area contributed by atoms with E-state index in [1.54, 1.807) is 41.0 Å². The maximum Gasteiger partial charge on any atom is 0.304 e. The van der Waals surface area contributed by atoms with E-state index in [9.17, 15) is 19.5 Å². The summed E-state index contributed by atoms with van der Waals surface area (Å²) >= 11 is 3.60. The largest absolute Gasteiger partial charge is 0.441 e. The Hall–Kier alpha value is -4.24. The van der Waals surface area contributed by atoms with Crippen molar-refractivity contribution in [1.82, 2.24) is 15.0 Å². The Bertz CT molecular complexity index is 2010. The number of esters is 1. The van der Waals surface area contributed by atoms with Crippen LogP contribution in [0.5, 0.6) is 0 Å². The topological polar surface area (TPSA) is 127 Å². The number of halogens is 2. The Kier molecular flexibility index (Phi) is 9.70. The Balaban J connectivity index is 1.16. The number of aryl methyl sites for hydroxylation is 1. The number of nitrogens with zero attached hydrogens (tertiary/aromatic N) is 5. The van der Waals surface area contributed by atoms with Crippen LogP contribution in [0.25, 0.3) is 0 Å². The fraction of sp³-hybridized carbons (Fsp3) is 0.395. The van der Waals surface area contributed by atoms with Gasteiger partial charge < -0.3 is 23.6 Å². The molecule has 3 aromatic carbocycles. The second kappa shape index (κ2) is 14.0. The predicted molar refractivity (Wildman–Crippen MR) is 197 cm³/mol. The van der Waals surface area contributed by atoms with Gasteiger partial charge in [0.1, 0.15) is 0 Å². The number of rotatable bonds is 11. The SMILES string of the molecule is CC(=O)OC1CC(=O)N1c1cccc(CN2C(=O)[C@]3(O[C@H](CCn4cc(C(CO)c5ccccc5)nn4)[C@@H]([Si](C)(C)F)[C@@H]3C)c3cc(Br)ccc32)c1. The highest BCUT2D eigenvalue weighted by atomic mass is 79.9. The van der Waals surface area contributed by atoms with Gasteiger partial charge in [0.15, 0.2) is 11.8 Å². The molecule has 3 aliphatic heterocycles. The summed E-state index contributed by atoms with van der Waals surface area (Å²) in [6.45, 7) is 7.02. The Labute approximate surface area is 311 Å². The van der Waals surface area contributed by atoms with Crippen molar-refractivity contribution in [2.75, 3.05) is 16.4 Å². The summed E-state index contributed by atoms with van der Waals surface area (Å²) in [6, 6.07) is 22.5. The molecule has 4 aromatic rings. The number of fused-ring (bicyclic) bond motifs is 2. The monoisotopic (exact) mass is 789 g/mol. The number of amides is 2. The zero-order chi connectivity index (χ0) is 36.9. The van der Waals surface area contributed by atoms with Crippen LogP contribution in [0.1, 0.15) is 55.0 Å². The lowest BCUT2D eigenvalue weighted by atomic mass is 9.82. The van der Waals surface area contributed by atoms with Gasteiger partial charge in [-0.25, -0.2) is 0 Å². The van der Waals surface area contributed by atoms with Crippen LogP contribution in [0.15, 0.2) is 83.5 Å². The minimum Gasteiger partial charge on any atom is -0.441 e. The molecule has 0 saturated carbocycles. The van der Waals surface area contributed by atoms with Crippen LogP contribution in [0.3, 0.4) is 0 Å². The van der Waals surface area contributed by atoms with Crippen molar-refractivity contribution in [3.8, 4) is 0 Å². The van der Waals surface area contributed by atoms with E-state index in [1.165, 1.54) is 11.8 Å². The minimum absolute atomic E-state index is 0.111. The van der Waals surface area contributed by atoms with Crippen molar-refractivity contribution in [3.05, 3.63) is 106 Å². The molecule has 0 aliphatic carbocycles. The molecule has 2 amide bonds. The summed E-state index contributed by atoms with van der Waals surface area (Å²) in [6.07, 6.45) is 1.07. The highest BCUT2D eigenvalue weighted by Gasteiger charge is 2.66. The number of hydrogen-bond donors (Lipinski definition) is 1. The van der Waals surface area contributed by atoms with Crippen molar-refractivity contribution >= 4 is 53.5 Å². The van der Waals surface area contributed by atoms with Crippen molar-refractivity contribution in [2.24, 2.45) is 5.92 Å². The van der Waals surface area contributed by atoms with Crippen molar-refractivity contribution in [1.29, 1.82) is 0 Å². The average molecular weight is 791 g/mol. The molecule has 2 saturated heterocycles. The fourth-order valence-electron chi connectivity index (χ4n) is 8.31. The fourth-order valence-corrected chi connectivity index (χ4v) is 11.2. The molecule has 1 aromatic heterocycles. The minimum atomic E-state index is -3.41. The van der Waals surface area contributed by atoms with E-state index in [4.69, 9.17) is 9.47 Å². The Morgan fingerprint density at radius 3 is 2.60 bits per heavy atom. The van der Waals surface area contributed by atoms with E-state index < -0.39 is 43.8 Å². The smallest absolute Gasteiger partial charge is 0.304 e. The summed E-state index contributed by atoms with van der Waals surface area (Å²) in [4.78, 5) is 42.1. The summed E-state index contributed by atoms with van der Waals surface area (Å²) in [5.74, 6) is -1.71. The first kappa shape index (κ1) is 36.1. The van der Waals surface area contributed by atoms with Crippen molar-refractivity contribution in [3.63, 3.8) is 0 Å². The molecule has 2 unspecified atom stereocenters. The van der Waals surface area contributed by atoms with E-state index in [0.29, 0.717) is 35.6 Å². The summed E-state index contributed by atoms with van der Waals surface area (Å²) in [5.41, 5.74) is 2.34. The molecule has 1 N–H and O–H groups in total. The molecule has 14 heteroatoms. The van der Waals surface area contributed by atoms with Crippen LogP contribution < -0.4 is 9.80 Å². The van der Waals surface area contributed by atoms with Crippen molar-refractivity contribution in [2.45, 2.75) is 82.3 Å². The lowest BCUT2D eigenvalue weighted by Gasteiger charge is -2.39. The van der Waals surface area contributed by atoms with Crippen LogP contribution >= 0.6 is 15.9 Å². The number of aliphatic hydroxyl groups excluding tert-OH is 1. The summed E-state index contributed by atoms with van der Waals surface area (Å²) < 4.78 is 31.1. The zero-order valence-electron chi connectivity index (χ0n) is 29.4. The molecule has 52 heavy (non-hydrogen) atoms. The standard InChI is InChI=1S/C38H41BrFN5O6Si/c1-23-36(52(3,4)40)33(15-16-43-21-31(41-42-43)29(22-46)26-10-6-5-7-11-26)51-38(23)30-18-27(39)13-14-32(30)44(37(38)49)20-25-9-8-12-28(17-25)45-34(48)19-35(45)50-24(2)47/h5-14,17-18,21,23,29,33,35-36,46H,15-16,19-20,22H2,1-4H3/t23-,29?,33+,35?,36-,38+/m0/s1. The van der Waals surface area contributed by atoms with E-state index in [2.05, 4.69) is 26.2 Å². The lowest BCUT2D eigenvalue weighted by molar-refractivity contribution is -0.154. The highest BCUT2D eigenvalue weighted by Crippen LogP contribution is 2.60. The van der Waals surface area contributed by atoms with Gasteiger partial charge >= 0.3 is 5.97 Å². The highest BCUT2D eigenvalue weighted by molar-refractivity contribution is 9.10. The first-order chi connectivity index (χ1) is 24.8. The van der Waals surface area contributed by atoms with E-state index in [0.717, 1.165) is 15.6 Å². The molecular weight excluding hydrogens is 749 g/mol. The zero-order valence-corrected chi connectivity index (χ0v) is 32.0. The lowest BCUT2D eigenvalue weighted by Crippen LogP contribution is -2.54. The number of carbonyl (C=O) groups excluding carboxylic acids is 3. The van der Waals surface area contributed by atoms with Gasteiger partial charge in [0, 0.05) is 46.8 Å². The average Bonchev–Trinajstić information content (AvgIpc) is 3.74. The van der Waals surface area contributed by atoms with Crippen LogP contribution in [0.4, 0.5) is 15.5 Å². The molecule has 3 aliphatic rings. The van der Waals surface area contributed by atoms with Gasteiger partial charge in [-0.3, -0.25) is 24.0 Å². The van der Waals surface area contributed by atoms with Gasteiger partial charge in [0.2, 0.25) is 14.3 Å². The maximum atomic E-state index is 16.4. The molecule has 2 fully saturated rings. The Morgan fingerprint density at radius 1 is 1.13 bits per heavy atom. The van der Waals surface area contributed by atoms with Crippen LogP contribution in [0.2, 0.25) is 18.6 Å². The number of ether oxygens (including phenoxy) is 2. The molecule has 1 spiro atoms. The van der Waals surface area contributed by atoms with Gasteiger partial charge in [-0.05, 0) is 61.0 Å². The van der Waals surface area contributed by atoms with Gasteiger partial charge in [0.05, 0.1) is 43.0 Å². The van der Waals surface area contributed by atoms with E-state index in [1.807, 2.05) is 67.6 Å². The Morgan fingerprint density at radius 2 is 1.90 bits per heavy atom. The van der Waals surface area contributed by atoms with E-state index in [-0.39, 0.29) is 37.3 Å². The molecule has 0 bridgehead atoms. The van der Waals surface area contributed by atoms with Gasteiger partial charge in [-0.2, -0.15) is 0 Å². The first-order valence-corrected chi connectivity index (χ1v) is 21.2. The van der Waals surface area contributed by atoms with Gasteiger partial charge in [-0.15, -0.1) is 5.10 Å². The van der Waals surface area contributed by atoms with E-state index >= 15 is 4.11 Å². The van der Waals surface area contributed by atoms with Crippen LogP contribution in [-0.4, -0.2) is 65.2 Å².